The minimum absolute atomic E-state index is 0.0758. The van der Waals surface area contributed by atoms with Crippen LogP contribution in [0.3, 0.4) is 0 Å². The third kappa shape index (κ3) is 3.51. The molecular weight excluding hydrogens is 427 g/mol. The van der Waals surface area contributed by atoms with E-state index in [1.165, 1.54) is 18.2 Å². The molecule has 1 aromatic carbocycles. The Hall–Kier alpha value is -3.81. The van der Waals surface area contributed by atoms with Crippen LogP contribution < -0.4 is 10.2 Å². The first-order valence-electron chi connectivity index (χ1n) is 10.4. The number of carbonyl (C=O) groups is 1. The van der Waals surface area contributed by atoms with E-state index in [-0.39, 0.29) is 41.5 Å². The van der Waals surface area contributed by atoms with Gasteiger partial charge in [-0.15, -0.1) is 0 Å². The Morgan fingerprint density at radius 1 is 1.18 bits per heavy atom. The second kappa shape index (κ2) is 8.27. The number of methoxy groups -OCH3 is 2. The summed E-state index contributed by atoms with van der Waals surface area (Å²) in [5, 5.41) is 16.9. The van der Waals surface area contributed by atoms with E-state index in [2.05, 4.69) is 15.4 Å². The van der Waals surface area contributed by atoms with Gasteiger partial charge in [0.25, 0.3) is 5.91 Å². The number of anilines is 1. The minimum Gasteiger partial charge on any atom is -0.377 e. The lowest BCUT2D eigenvalue weighted by Gasteiger charge is -2.15. The molecule has 1 amide bonds. The number of fused-ring (bicyclic) bond motifs is 1. The minimum atomic E-state index is -0.556. The molecule has 2 aliphatic rings. The number of halogens is 1. The number of ether oxygens (including phenoxy) is 2. The second-order valence-electron chi connectivity index (χ2n) is 7.88. The molecule has 2 aromatic heterocycles. The van der Waals surface area contributed by atoms with Gasteiger partial charge in [-0.25, -0.2) is 14.1 Å². The van der Waals surface area contributed by atoms with Crippen molar-refractivity contribution in [2.24, 2.45) is 0 Å². The number of carbonyl (C=O) groups excluding carboxylic acids is 1. The maximum absolute atomic E-state index is 14.7. The van der Waals surface area contributed by atoms with E-state index in [9.17, 15) is 14.4 Å². The van der Waals surface area contributed by atoms with Gasteiger partial charge in [-0.3, -0.25) is 4.79 Å². The summed E-state index contributed by atoms with van der Waals surface area (Å²) in [7, 11) is 3.30. The highest BCUT2D eigenvalue weighted by molar-refractivity contribution is 6.01. The SMILES string of the molecule is COC1CN(c2ccn(-c3cc(-c4c(F)cccc4C#N)nc4c3C(=O)NC4)n2)CC1OC. The summed E-state index contributed by atoms with van der Waals surface area (Å²) in [5.74, 6) is -0.130. The van der Waals surface area contributed by atoms with Crippen molar-refractivity contribution in [2.45, 2.75) is 18.8 Å². The van der Waals surface area contributed by atoms with Crippen LogP contribution in [0, 0.1) is 17.1 Å². The maximum Gasteiger partial charge on any atom is 0.255 e. The second-order valence-corrected chi connectivity index (χ2v) is 7.88. The van der Waals surface area contributed by atoms with Crippen molar-refractivity contribution in [2.75, 3.05) is 32.2 Å². The number of rotatable bonds is 5. The Bertz CT molecular complexity index is 1270. The van der Waals surface area contributed by atoms with Crippen molar-refractivity contribution in [3.05, 3.63) is 59.2 Å². The monoisotopic (exact) mass is 448 g/mol. The number of benzene rings is 1. The average Bonchev–Trinajstić information content (AvgIpc) is 3.56. The molecule has 2 atom stereocenters. The smallest absolute Gasteiger partial charge is 0.255 e. The molecule has 0 spiro atoms. The number of nitrogens with zero attached hydrogens (tertiary/aromatic N) is 5. The summed E-state index contributed by atoms with van der Waals surface area (Å²) in [6.07, 6.45) is 1.59. The predicted molar refractivity (Wildman–Crippen MR) is 116 cm³/mol. The van der Waals surface area contributed by atoms with Gasteiger partial charge in [-0.2, -0.15) is 10.4 Å². The summed E-state index contributed by atoms with van der Waals surface area (Å²) in [6.45, 7) is 1.45. The molecule has 33 heavy (non-hydrogen) atoms. The van der Waals surface area contributed by atoms with Crippen LogP contribution in [0.1, 0.15) is 21.6 Å². The molecule has 0 radical (unpaired) electrons. The number of nitriles is 1. The molecule has 2 aliphatic heterocycles. The van der Waals surface area contributed by atoms with E-state index in [0.29, 0.717) is 35.9 Å². The molecule has 1 saturated heterocycles. The number of aromatic nitrogens is 3. The number of amides is 1. The molecular formula is C23H21FN6O3. The number of nitrogens with one attached hydrogen (secondary N) is 1. The maximum atomic E-state index is 14.7. The highest BCUT2D eigenvalue weighted by Gasteiger charge is 2.34. The third-order valence-corrected chi connectivity index (χ3v) is 6.07. The Balaban J connectivity index is 1.59. The Kier molecular flexibility index (Phi) is 5.28. The zero-order valence-corrected chi connectivity index (χ0v) is 18.1. The van der Waals surface area contributed by atoms with Gasteiger partial charge >= 0.3 is 0 Å². The lowest BCUT2D eigenvalue weighted by molar-refractivity contribution is -0.00461. The van der Waals surface area contributed by atoms with Crippen molar-refractivity contribution < 1.29 is 18.7 Å². The van der Waals surface area contributed by atoms with E-state index in [1.807, 2.05) is 17.0 Å². The zero-order valence-electron chi connectivity index (χ0n) is 18.1. The molecule has 2 unspecified atom stereocenters. The zero-order chi connectivity index (χ0) is 23.1. The molecule has 3 aromatic rings. The van der Waals surface area contributed by atoms with Gasteiger partial charge in [0.15, 0.2) is 5.82 Å². The lowest BCUT2D eigenvalue weighted by atomic mass is 10.0. The highest BCUT2D eigenvalue weighted by atomic mass is 19.1. The van der Waals surface area contributed by atoms with Gasteiger partial charge in [-0.1, -0.05) is 6.07 Å². The molecule has 4 heterocycles. The van der Waals surface area contributed by atoms with Gasteiger partial charge in [-0.05, 0) is 18.2 Å². The fourth-order valence-corrected chi connectivity index (χ4v) is 4.40. The molecule has 168 valence electrons. The van der Waals surface area contributed by atoms with Crippen LogP contribution in [0.5, 0.6) is 0 Å². The first-order chi connectivity index (χ1) is 16.0. The van der Waals surface area contributed by atoms with E-state index in [4.69, 9.17) is 9.47 Å². The van der Waals surface area contributed by atoms with Crippen LogP contribution in [0.15, 0.2) is 36.5 Å². The molecule has 5 rings (SSSR count). The normalized spacial score (nSPS) is 19.5. The fraction of sp³-hybridized carbons (Fsp3) is 0.304. The number of pyridine rings is 1. The van der Waals surface area contributed by atoms with Crippen LogP contribution in [-0.4, -0.2) is 60.2 Å². The van der Waals surface area contributed by atoms with Crippen molar-refractivity contribution in [3.63, 3.8) is 0 Å². The van der Waals surface area contributed by atoms with E-state index < -0.39 is 5.82 Å². The molecule has 1 N–H and O–H groups in total. The van der Waals surface area contributed by atoms with Crippen molar-refractivity contribution in [1.29, 1.82) is 5.26 Å². The van der Waals surface area contributed by atoms with Gasteiger partial charge in [0.05, 0.1) is 46.4 Å². The van der Waals surface area contributed by atoms with E-state index in [0.717, 1.165) is 0 Å². The first-order valence-corrected chi connectivity index (χ1v) is 10.4. The summed E-state index contributed by atoms with van der Waals surface area (Å²) in [5.41, 5.74) is 1.87. The highest BCUT2D eigenvalue weighted by Crippen LogP contribution is 2.32. The molecule has 0 bridgehead atoms. The lowest BCUT2D eigenvalue weighted by Crippen LogP contribution is -2.27. The van der Waals surface area contributed by atoms with Crippen LogP contribution in [0.25, 0.3) is 16.9 Å². The molecule has 0 saturated carbocycles. The summed E-state index contributed by atoms with van der Waals surface area (Å²) < 4.78 is 27.3. The van der Waals surface area contributed by atoms with Gasteiger partial charge in [0.2, 0.25) is 0 Å². The topological polar surface area (TPSA) is 105 Å². The Labute approximate surface area is 189 Å². The van der Waals surface area contributed by atoms with Crippen LogP contribution >= 0.6 is 0 Å². The fourth-order valence-electron chi connectivity index (χ4n) is 4.40. The van der Waals surface area contributed by atoms with Gasteiger partial charge in [0, 0.05) is 39.6 Å². The van der Waals surface area contributed by atoms with Gasteiger partial charge in [0.1, 0.15) is 18.0 Å². The average molecular weight is 448 g/mol. The molecule has 0 aliphatic carbocycles. The van der Waals surface area contributed by atoms with E-state index in [1.54, 1.807) is 31.2 Å². The number of hydrogen-bond acceptors (Lipinski definition) is 7. The Morgan fingerprint density at radius 2 is 1.94 bits per heavy atom. The first kappa shape index (κ1) is 21.1. The van der Waals surface area contributed by atoms with Crippen LogP contribution in [0.2, 0.25) is 0 Å². The standard InChI is InChI=1S/C23H21FN6O3/c1-32-18-11-29(12-19(18)33-2)20-6-7-30(28-20)17-8-15(27-16-10-26-23(31)22(16)17)21-13(9-25)4-3-5-14(21)24/h3-8,18-19H,10-12H2,1-2H3,(H,26,31). The van der Waals surface area contributed by atoms with Crippen molar-refractivity contribution >= 4 is 11.7 Å². The summed E-state index contributed by atoms with van der Waals surface area (Å²) in [6, 6.07) is 9.75. The molecule has 10 heteroatoms. The predicted octanol–water partition coefficient (Wildman–Crippen LogP) is 2.04. The van der Waals surface area contributed by atoms with Crippen molar-refractivity contribution in [3.8, 4) is 23.0 Å². The Morgan fingerprint density at radius 3 is 2.64 bits per heavy atom. The number of hydrogen-bond donors (Lipinski definition) is 1. The molecule has 9 nitrogen and oxygen atoms in total. The summed E-state index contributed by atoms with van der Waals surface area (Å²) >= 11 is 0. The summed E-state index contributed by atoms with van der Waals surface area (Å²) in [4.78, 5) is 19.1. The largest absolute Gasteiger partial charge is 0.377 e. The third-order valence-electron chi connectivity index (χ3n) is 6.07. The van der Waals surface area contributed by atoms with E-state index >= 15 is 0 Å². The van der Waals surface area contributed by atoms with Crippen LogP contribution in [0.4, 0.5) is 10.2 Å². The quantitative estimate of drug-likeness (QED) is 0.637. The van der Waals surface area contributed by atoms with Crippen molar-refractivity contribution in [1.82, 2.24) is 20.1 Å². The molecule has 1 fully saturated rings. The van der Waals surface area contributed by atoms with Crippen LogP contribution in [-0.2, 0) is 16.0 Å². The van der Waals surface area contributed by atoms with Gasteiger partial charge < -0.3 is 19.7 Å².